The van der Waals surface area contributed by atoms with Crippen LogP contribution in [0.15, 0.2) is 30.3 Å². The Balaban J connectivity index is 1.30. The van der Waals surface area contributed by atoms with Crippen molar-refractivity contribution in [3.8, 4) is 0 Å². The van der Waals surface area contributed by atoms with Gasteiger partial charge in [-0.25, -0.2) is 4.90 Å². The van der Waals surface area contributed by atoms with Gasteiger partial charge in [0, 0.05) is 5.56 Å². The zero-order valence-corrected chi connectivity index (χ0v) is 14.9. The summed E-state index contributed by atoms with van der Waals surface area (Å²) in [4.78, 5) is 29.8. The molecule has 2 N–H and O–H groups in total. The number of hydrogen-bond acceptors (Lipinski definition) is 2. The highest BCUT2D eigenvalue weighted by atomic mass is 16.2. The van der Waals surface area contributed by atoms with Crippen LogP contribution in [0.2, 0.25) is 0 Å². The maximum absolute atomic E-state index is 12.6. The second kappa shape index (κ2) is 7.26. The van der Waals surface area contributed by atoms with Gasteiger partial charge >= 0.3 is 0 Å². The molecular weight excluding hydrogens is 314 g/mol. The van der Waals surface area contributed by atoms with Crippen LogP contribution in [0.1, 0.15) is 31.2 Å². The first kappa shape index (κ1) is 16.7. The molecule has 25 heavy (non-hydrogen) atoms. The van der Waals surface area contributed by atoms with E-state index < -0.39 is 0 Å². The molecule has 1 saturated carbocycles. The average molecular weight is 343 g/mol. The standard InChI is InChI=1S/C20H27N3O2/c24-19-17-8-4-5-9-18(17)20(25)23(19)15-22-12-10-21(11-13-22)14-16-6-2-1-3-7-16/h1-3,6-7,17-18H,4-5,8-15H2/p+2/t17-,18-/m0/s1. The predicted molar refractivity (Wildman–Crippen MR) is 93.7 cm³/mol. The highest BCUT2D eigenvalue weighted by molar-refractivity contribution is 6.05. The number of imide groups is 1. The molecule has 5 heteroatoms. The van der Waals surface area contributed by atoms with Crippen LogP contribution >= 0.6 is 0 Å². The Bertz CT molecular complexity index is 601. The third kappa shape index (κ3) is 3.48. The van der Waals surface area contributed by atoms with E-state index in [-0.39, 0.29) is 23.7 Å². The van der Waals surface area contributed by atoms with Crippen LogP contribution in [0.3, 0.4) is 0 Å². The minimum atomic E-state index is -0.00866. The molecule has 5 nitrogen and oxygen atoms in total. The fourth-order valence-corrected chi connectivity index (χ4v) is 4.79. The Labute approximate surface area is 149 Å². The van der Waals surface area contributed by atoms with Crippen LogP contribution in [0.5, 0.6) is 0 Å². The van der Waals surface area contributed by atoms with Crippen molar-refractivity contribution in [3.63, 3.8) is 0 Å². The van der Waals surface area contributed by atoms with Crippen molar-refractivity contribution in [2.75, 3.05) is 32.8 Å². The summed E-state index contributed by atoms with van der Waals surface area (Å²) in [5.74, 6) is 0.207. The van der Waals surface area contributed by atoms with Crippen molar-refractivity contribution in [2.24, 2.45) is 11.8 Å². The van der Waals surface area contributed by atoms with Gasteiger partial charge < -0.3 is 9.80 Å². The molecule has 2 atom stereocenters. The molecule has 2 saturated heterocycles. The highest BCUT2D eigenvalue weighted by Gasteiger charge is 2.49. The van der Waals surface area contributed by atoms with Gasteiger partial charge in [0.2, 0.25) is 11.8 Å². The second-order valence-electron chi connectivity index (χ2n) is 7.92. The van der Waals surface area contributed by atoms with Gasteiger partial charge in [-0.15, -0.1) is 0 Å². The Kier molecular flexibility index (Phi) is 4.86. The molecule has 0 bridgehead atoms. The number of likely N-dealkylation sites (tertiary alicyclic amines) is 1. The summed E-state index contributed by atoms with van der Waals surface area (Å²) >= 11 is 0. The molecule has 0 radical (unpaired) electrons. The van der Waals surface area contributed by atoms with Gasteiger partial charge in [-0.05, 0) is 12.8 Å². The summed E-state index contributed by atoms with van der Waals surface area (Å²) in [5.41, 5.74) is 1.38. The minimum absolute atomic E-state index is 0.00866. The van der Waals surface area contributed by atoms with Crippen LogP contribution < -0.4 is 9.80 Å². The number of quaternary nitrogens is 2. The lowest BCUT2D eigenvalue weighted by Crippen LogP contribution is -3.28. The summed E-state index contributed by atoms with van der Waals surface area (Å²) < 4.78 is 0. The Hall–Kier alpha value is -1.72. The first-order chi connectivity index (χ1) is 12.2. The molecule has 0 spiro atoms. The van der Waals surface area contributed by atoms with Crippen LogP contribution in [-0.4, -0.2) is 49.6 Å². The number of fused-ring (bicyclic) bond motifs is 1. The summed E-state index contributed by atoms with van der Waals surface area (Å²) in [6.07, 6.45) is 4.02. The largest absolute Gasteiger partial charge is 0.322 e. The van der Waals surface area contributed by atoms with Crippen LogP contribution in [0.4, 0.5) is 0 Å². The normalized spacial score (nSPS) is 32.7. The Morgan fingerprint density at radius 2 is 1.40 bits per heavy atom. The molecular formula is C20H29N3O2+2. The van der Waals surface area contributed by atoms with Gasteiger partial charge in [-0.2, -0.15) is 0 Å². The molecule has 3 fully saturated rings. The van der Waals surface area contributed by atoms with E-state index in [1.54, 1.807) is 9.80 Å². The lowest BCUT2D eigenvalue weighted by Gasteiger charge is -2.31. The van der Waals surface area contributed by atoms with Gasteiger partial charge in [0.15, 0.2) is 6.67 Å². The third-order valence-electron chi connectivity index (χ3n) is 6.28. The SMILES string of the molecule is O=C1[C@H]2CCCC[C@@H]2C(=O)N1C[NH+]1CC[NH+](Cc2ccccc2)CC1. The fourth-order valence-electron chi connectivity index (χ4n) is 4.79. The number of carbonyl (C=O) groups is 2. The number of piperazine rings is 1. The van der Waals surface area contributed by atoms with E-state index in [0.717, 1.165) is 58.4 Å². The van der Waals surface area contributed by atoms with Crippen molar-refractivity contribution < 1.29 is 19.4 Å². The van der Waals surface area contributed by atoms with E-state index in [2.05, 4.69) is 30.3 Å². The Morgan fingerprint density at radius 1 is 0.840 bits per heavy atom. The monoisotopic (exact) mass is 343 g/mol. The summed E-state index contributed by atoms with van der Waals surface area (Å²) in [6.45, 7) is 5.94. The van der Waals surface area contributed by atoms with Gasteiger partial charge in [0.1, 0.15) is 32.7 Å². The van der Waals surface area contributed by atoms with Crippen molar-refractivity contribution in [1.29, 1.82) is 0 Å². The van der Waals surface area contributed by atoms with Crippen molar-refractivity contribution in [3.05, 3.63) is 35.9 Å². The molecule has 2 heterocycles. The number of benzene rings is 1. The second-order valence-corrected chi connectivity index (χ2v) is 7.92. The smallest absolute Gasteiger partial charge is 0.237 e. The van der Waals surface area contributed by atoms with Gasteiger partial charge in [-0.3, -0.25) is 9.59 Å². The molecule has 1 aromatic rings. The summed E-state index contributed by atoms with van der Waals surface area (Å²) in [6, 6.07) is 10.6. The molecule has 1 aromatic carbocycles. The number of rotatable bonds is 4. The van der Waals surface area contributed by atoms with E-state index in [1.807, 2.05) is 0 Å². The molecule has 3 aliphatic rings. The lowest BCUT2D eigenvalue weighted by molar-refractivity contribution is -1.02. The first-order valence-electron chi connectivity index (χ1n) is 9.78. The van der Waals surface area contributed by atoms with Gasteiger partial charge in [0.05, 0.1) is 11.8 Å². The highest BCUT2D eigenvalue weighted by Crippen LogP contribution is 2.37. The van der Waals surface area contributed by atoms with Crippen molar-refractivity contribution in [2.45, 2.75) is 32.2 Å². The third-order valence-corrected chi connectivity index (χ3v) is 6.28. The topological polar surface area (TPSA) is 46.3 Å². The van der Waals surface area contributed by atoms with Gasteiger partial charge in [-0.1, -0.05) is 43.2 Å². The number of carbonyl (C=O) groups excluding carboxylic acids is 2. The number of hydrogen-bond donors (Lipinski definition) is 2. The summed E-state index contributed by atoms with van der Waals surface area (Å²) in [5, 5.41) is 0. The van der Waals surface area contributed by atoms with E-state index >= 15 is 0 Å². The molecule has 1 aliphatic carbocycles. The van der Waals surface area contributed by atoms with Crippen LogP contribution in [0.25, 0.3) is 0 Å². The predicted octanol–water partition coefficient (Wildman–Crippen LogP) is -0.897. The van der Waals surface area contributed by atoms with Gasteiger partial charge in [0.25, 0.3) is 0 Å². The molecule has 2 amide bonds. The number of amides is 2. The molecule has 0 aromatic heterocycles. The molecule has 2 aliphatic heterocycles. The maximum atomic E-state index is 12.6. The minimum Gasteiger partial charge on any atom is -0.322 e. The van der Waals surface area contributed by atoms with Crippen molar-refractivity contribution in [1.82, 2.24) is 4.90 Å². The van der Waals surface area contributed by atoms with Crippen molar-refractivity contribution >= 4 is 11.8 Å². The number of nitrogens with zero attached hydrogens (tertiary/aromatic N) is 1. The fraction of sp³-hybridized carbons (Fsp3) is 0.600. The molecule has 134 valence electrons. The maximum Gasteiger partial charge on any atom is 0.237 e. The Morgan fingerprint density at radius 3 is 2.00 bits per heavy atom. The molecule has 0 unspecified atom stereocenters. The first-order valence-corrected chi connectivity index (χ1v) is 9.78. The lowest BCUT2D eigenvalue weighted by atomic mass is 9.81. The summed E-state index contributed by atoms with van der Waals surface area (Å²) in [7, 11) is 0. The van der Waals surface area contributed by atoms with E-state index in [4.69, 9.17) is 0 Å². The van der Waals surface area contributed by atoms with Crippen LogP contribution in [-0.2, 0) is 16.1 Å². The average Bonchev–Trinajstić information content (AvgIpc) is 2.89. The van der Waals surface area contributed by atoms with E-state index in [0.29, 0.717) is 6.67 Å². The van der Waals surface area contributed by atoms with E-state index in [1.165, 1.54) is 10.5 Å². The van der Waals surface area contributed by atoms with Crippen LogP contribution in [0, 0.1) is 11.8 Å². The molecule has 4 rings (SSSR count). The zero-order chi connectivity index (χ0) is 17.2. The van der Waals surface area contributed by atoms with E-state index in [9.17, 15) is 9.59 Å². The zero-order valence-electron chi connectivity index (χ0n) is 14.9. The number of nitrogens with one attached hydrogen (secondary N) is 2. The quantitative estimate of drug-likeness (QED) is 0.697.